The zero-order valence-electron chi connectivity index (χ0n) is 6.11. The fourth-order valence-electron chi connectivity index (χ4n) is 0.833. The second-order valence-corrected chi connectivity index (χ2v) is 2.60. The van der Waals surface area contributed by atoms with Crippen LogP contribution < -0.4 is 11.3 Å². The molecule has 0 aliphatic carbocycles. The Morgan fingerprint density at radius 2 is 2.25 bits per heavy atom. The van der Waals surface area contributed by atoms with E-state index in [4.69, 9.17) is 10.9 Å². The lowest BCUT2D eigenvalue weighted by molar-refractivity contribution is 0.0693. The van der Waals surface area contributed by atoms with Crippen molar-refractivity contribution in [1.29, 1.82) is 0 Å². The highest BCUT2D eigenvalue weighted by atomic mass is 32.1. The summed E-state index contributed by atoms with van der Waals surface area (Å²) in [5.74, 6) is 4.11. The van der Waals surface area contributed by atoms with Gasteiger partial charge in [0.1, 0.15) is 0 Å². The van der Waals surface area contributed by atoms with Crippen LogP contribution in [0.4, 0.5) is 5.69 Å². The molecule has 0 heterocycles. The van der Waals surface area contributed by atoms with E-state index in [2.05, 4.69) is 18.1 Å². The van der Waals surface area contributed by atoms with Crippen LogP contribution in [0.25, 0.3) is 0 Å². The summed E-state index contributed by atoms with van der Waals surface area (Å²) >= 11 is 4.01. The third-order valence-corrected chi connectivity index (χ3v) is 1.90. The minimum Gasteiger partial charge on any atom is -0.478 e. The van der Waals surface area contributed by atoms with Gasteiger partial charge in [-0.2, -0.15) is 0 Å². The summed E-state index contributed by atoms with van der Waals surface area (Å²) < 4.78 is 0. The van der Waals surface area contributed by atoms with Crippen molar-refractivity contribution in [2.24, 2.45) is 5.84 Å². The minimum atomic E-state index is -1.02. The van der Waals surface area contributed by atoms with Gasteiger partial charge in [0.2, 0.25) is 0 Å². The predicted octanol–water partition coefficient (Wildman–Crippen LogP) is 0.959. The summed E-state index contributed by atoms with van der Waals surface area (Å²) in [4.78, 5) is 10.9. The van der Waals surface area contributed by atoms with Crippen LogP contribution in [0.5, 0.6) is 0 Å². The smallest absolute Gasteiger partial charge is 0.336 e. The number of hydrazine groups is 1. The Morgan fingerprint density at radius 1 is 1.58 bits per heavy atom. The van der Waals surface area contributed by atoms with Crippen molar-refractivity contribution >= 4 is 24.3 Å². The Bertz CT molecular complexity index is 314. The summed E-state index contributed by atoms with van der Waals surface area (Å²) in [7, 11) is 0. The molecule has 0 aromatic heterocycles. The summed E-state index contributed by atoms with van der Waals surface area (Å²) in [5.41, 5.74) is 2.98. The number of nitrogen functional groups attached to an aromatic ring is 1. The lowest BCUT2D eigenvalue weighted by Gasteiger charge is -2.05. The van der Waals surface area contributed by atoms with Crippen LogP contribution in [0.15, 0.2) is 23.1 Å². The first-order chi connectivity index (χ1) is 5.66. The quantitative estimate of drug-likeness (QED) is 0.314. The molecule has 1 aromatic carbocycles. The number of hydrogen-bond acceptors (Lipinski definition) is 4. The Labute approximate surface area is 74.8 Å². The molecule has 0 saturated carbocycles. The fourth-order valence-corrected chi connectivity index (χ4v) is 1.14. The molecule has 0 atom stereocenters. The Kier molecular flexibility index (Phi) is 2.57. The molecule has 4 N–H and O–H groups in total. The monoisotopic (exact) mass is 184 g/mol. The van der Waals surface area contributed by atoms with Crippen molar-refractivity contribution < 1.29 is 9.90 Å². The highest BCUT2D eigenvalue weighted by molar-refractivity contribution is 7.80. The largest absolute Gasteiger partial charge is 0.478 e. The molecular weight excluding hydrogens is 176 g/mol. The minimum absolute atomic E-state index is 0.133. The molecule has 4 nitrogen and oxygen atoms in total. The van der Waals surface area contributed by atoms with E-state index >= 15 is 0 Å². The molecule has 0 radical (unpaired) electrons. The molecule has 0 bridgehead atoms. The number of carboxylic acid groups (broad SMARTS) is 1. The zero-order chi connectivity index (χ0) is 9.14. The number of nitrogens with two attached hydrogens (primary N) is 1. The first kappa shape index (κ1) is 8.89. The molecule has 5 heteroatoms. The van der Waals surface area contributed by atoms with Gasteiger partial charge in [-0.25, -0.2) is 4.79 Å². The van der Waals surface area contributed by atoms with Crippen LogP contribution in [-0.4, -0.2) is 11.1 Å². The lowest BCUT2D eigenvalue weighted by Crippen LogP contribution is -2.09. The normalized spacial score (nSPS) is 9.50. The molecule has 0 spiro atoms. The molecule has 0 fully saturated rings. The molecule has 0 amide bonds. The van der Waals surface area contributed by atoms with Crippen molar-refractivity contribution in [2.75, 3.05) is 5.43 Å². The Morgan fingerprint density at radius 3 is 2.75 bits per heavy atom. The number of aromatic carboxylic acids is 1. The first-order valence-electron chi connectivity index (χ1n) is 3.18. The molecule has 0 aliphatic rings. The van der Waals surface area contributed by atoms with Gasteiger partial charge in [0.25, 0.3) is 0 Å². The van der Waals surface area contributed by atoms with E-state index in [0.717, 1.165) is 0 Å². The molecule has 12 heavy (non-hydrogen) atoms. The maximum absolute atomic E-state index is 10.6. The summed E-state index contributed by atoms with van der Waals surface area (Å²) in [5, 5.41) is 8.67. The number of benzene rings is 1. The second kappa shape index (κ2) is 3.46. The van der Waals surface area contributed by atoms with Crippen LogP contribution in [0, 0.1) is 0 Å². The molecule has 1 aromatic rings. The van der Waals surface area contributed by atoms with Gasteiger partial charge in [-0.3, -0.25) is 5.84 Å². The standard InChI is InChI=1S/C7H8N2O2S/c8-9-5-3-1-2-4(6(5)12)7(10)11/h1-3,9,12H,8H2,(H,10,11). The van der Waals surface area contributed by atoms with E-state index in [1.54, 1.807) is 12.1 Å². The molecule has 0 aliphatic heterocycles. The third kappa shape index (κ3) is 1.51. The van der Waals surface area contributed by atoms with E-state index in [1.807, 2.05) is 0 Å². The van der Waals surface area contributed by atoms with Crippen LogP contribution in [0.3, 0.4) is 0 Å². The molecule has 0 unspecified atom stereocenters. The molecule has 1 rings (SSSR count). The third-order valence-electron chi connectivity index (χ3n) is 1.42. The van der Waals surface area contributed by atoms with Crippen LogP contribution in [0.2, 0.25) is 0 Å². The van der Waals surface area contributed by atoms with Gasteiger partial charge in [-0.15, -0.1) is 12.6 Å². The van der Waals surface area contributed by atoms with Crippen molar-refractivity contribution in [3.8, 4) is 0 Å². The molecular formula is C7H8N2O2S. The average molecular weight is 184 g/mol. The molecule has 64 valence electrons. The number of rotatable bonds is 2. The number of carboxylic acids is 1. The Balaban J connectivity index is 3.23. The summed E-state index contributed by atoms with van der Waals surface area (Å²) in [6, 6.07) is 4.71. The van der Waals surface area contributed by atoms with E-state index in [-0.39, 0.29) is 5.56 Å². The van der Waals surface area contributed by atoms with Gasteiger partial charge in [-0.05, 0) is 12.1 Å². The number of hydrogen-bond donors (Lipinski definition) is 4. The maximum atomic E-state index is 10.6. The van der Waals surface area contributed by atoms with Crippen molar-refractivity contribution in [1.82, 2.24) is 0 Å². The topological polar surface area (TPSA) is 75.3 Å². The fraction of sp³-hybridized carbons (Fsp3) is 0. The maximum Gasteiger partial charge on any atom is 0.336 e. The number of nitrogens with one attached hydrogen (secondary N) is 1. The van der Waals surface area contributed by atoms with E-state index in [0.29, 0.717) is 10.6 Å². The SMILES string of the molecule is NNc1cccc(C(=O)O)c1S. The lowest BCUT2D eigenvalue weighted by atomic mass is 10.2. The van der Waals surface area contributed by atoms with Crippen LogP contribution in [0.1, 0.15) is 10.4 Å². The zero-order valence-corrected chi connectivity index (χ0v) is 7.01. The number of carbonyl (C=O) groups is 1. The van der Waals surface area contributed by atoms with Crippen molar-refractivity contribution in [2.45, 2.75) is 4.90 Å². The van der Waals surface area contributed by atoms with Crippen LogP contribution >= 0.6 is 12.6 Å². The number of anilines is 1. The van der Waals surface area contributed by atoms with E-state index in [1.165, 1.54) is 6.07 Å². The highest BCUT2D eigenvalue weighted by Gasteiger charge is 2.09. The van der Waals surface area contributed by atoms with Gasteiger partial charge in [-0.1, -0.05) is 6.07 Å². The molecule has 0 saturated heterocycles. The van der Waals surface area contributed by atoms with Gasteiger partial charge in [0, 0.05) is 4.90 Å². The first-order valence-corrected chi connectivity index (χ1v) is 3.63. The predicted molar refractivity (Wildman–Crippen MR) is 48.5 cm³/mol. The Hall–Kier alpha value is -1.20. The number of thiol groups is 1. The van der Waals surface area contributed by atoms with Gasteiger partial charge in [0.15, 0.2) is 0 Å². The van der Waals surface area contributed by atoms with E-state index < -0.39 is 5.97 Å². The van der Waals surface area contributed by atoms with E-state index in [9.17, 15) is 4.79 Å². The highest BCUT2D eigenvalue weighted by Crippen LogP contribution is 2.22. The van der Waals surface area contributed by atoms with Crippen LogP contribution in [-0.2, 0) is 0 Å². The van der Waals surface area contributed by atoms with Gasteiger partial charge < -0.3 is 10.5 Å². The average Bonchev–Trinajstić information content (AvgIpc) is 2.04. The summed E-state index contributed by atoms with van der Waals surface area (Å²) in [6.45, 7) is 0. The van der Waals surface area contributed by atoms with Crippen molar-refractivity contribution in [3.63, 3.8) is 0 Å². The summed E-state index contributed by atoms with van der Waals surface area (Å²) in [6.07, 6.45) is 0. The van der Waals surface area contributed by atoms with Crippen molar-refractivity contribution in [3.05, 3.63) is 23.8 Å². The second-order valence-electron chi connectivity index (χ2n) is 2.15. The van der Waals surface area contributed by atoms with Gasteiger partial charge >= 0.3 is 5.97 Å². The van der Waals surface area contributed by atoms with Gasteiger partial charge in [0.05, 0.1) is 11.3 Å².